The van der Waals surface area contributed by atoms with E-state index in [0.717, 1.165) is 35.5 Å². The molecule has 3 aliphatic rings. The van der Waals surface area contributed by atoms with Crippen LogP contribution in [0.1, 0.15) is 93.8 Å². The maximum Gasteiger partial charge on any atom is 0 e. The lowest BCUT2D eigenvalue weighted by Gasteiger charge is -2.36. The highest BCUT2D eigenvalue weighted by molar-refractivity contribution is 4.98. The molecule has 0 spiro atoms. The Balaban J connectivity index is 0.00000225. The van der Waals surface area contributed by atoms with Gasteiger partial charge in [0.15, 0.2) is 0 Å². The Morgan fingerprint density at radius 1 is 0.560 bits per heavy atom. The van der Waals surface area contributed by atoms with Crippen molar-refractivity contribution in [3.8, 4) is 0 Å². The van der Waals surface area contributed by atoms with Gasteiger partial charge in [-0.1, -0.05) is 44.1 Å². The molecule has 0 aliphatic heterocycles. The fourth-order valence-corrected chi connectivity index (χ4v) is 5.68. The minimum absolute atomic E-state index is 0. The van der Waals surface area contributed by atoms with E-state index in [4.69, 9.17) is 0 Å². The predicted octanol–water partition coefficient (Wildman–Crippen LogP) is 7.23. The van der Waals surface area contributed by atoms with Gasteiger partial charge in [0.2, 0.25) is 0 Å². The minimum Gasteiger partial charge on any atom is -0.412 e. The fraction of sp³-hybridized carbons (Fsp3) is 0.833. The Hall–Kier alpha value is -0.560. The van der Waals surface area contributed by atoms with E-state index in [1.54, 1.807) is 0 Å². The first kappa shape index (κ1) is 20.7. The molecule has 0 saturated heterocycles. The molecule has 0 unspecified atom stereocenters. The third-order valence-corrected chi connectivity index (χ3v) is 7.48. The molecule has 25 heavy (non-hydrogen) atoms. The number of rotatable bonds is 4. The summed E-state index contributed by atoms with van der Waals surface area (Å²) in [6.07, 6.45) is 27.6. The second-order valence-electron chi connectivity index (χ2n) is 9.28. The van der Waals surface area contributed by atoms with Crippen molar-refractivity contribution >= 4 is 0 Å². The van der Waals surface area contributed by atoms with Gasteiger partial charge in [-0.05, 0) is 107 Å². The van der Waals surface area contributed by atoms with Crippen LogP contribution in [0.4, 0.5) is 0 Å². The summed E-state index contributed by atoms with van der Waals surface area (Å²) < 4.78 is 0. The van der Waals surface area contributed by atoms with Crippen LogP contribution in [0.2, 0.25) is 0 Å². The van der Waals surface area contributed by atoms with Gasteiger partial charge in [-0.15, -0.1) is 0 Å². The molecular formula is C24H46O. The Morgan fingerprint density at radius 3 is 1.36 bits per heavy atom. The molecule has 0 amide bonds. The lowest BCUT2D eigenvalue weighted by atomic mass is 9.69. The zero-order chi connectivity index (χ0) is 16.8. The van der Waals surface area contributed by atoms with Crippen molar-refractivity contribution in [2.75, 3.05) is 0 Å². The third kappa shape index (κ3) is 6.27. The first-order valence-corrected chi connectivity index (χ1v) is 11.1. The van der Waals surface area contributed by atoms with E-state index in [1.807, 2.05) is 0 Å². The average Bonchev–Trinajstić information content (AvgIpc) is 2.63. The van der Waals surface area contributed by atoms with Crippen LogP contribution in [0.3, 0.4) is 0 Å². The van der Waals surface area contributed by atoms with Crippen LogP contribution >= 0.6 is 0 Å². The summed E-state index contributed by atoms with van der Waals surface area (Å²) >= 11 is 0. The monoisotopic (exact) mass is 350 g/mol. The number of allylic oxidation sites excluding steroid dienone is 4. The van der Waals surface area contributed by atoms with Gasteiger partial charge in [-0.3, -0.25) is 0 Å². The molecule has 1 nitrogen and oxygen atoms in total. The molecule has 3 rings (SSSR count). The van der Waals surface area contributed by atoms with Gasteiger partial charge in [0.1, 0.15) is 0 Å². The summed E-state index contributed by atoms with van der Waals surface area (Å²) in [7, 11) is 0. The topological polar surface area (TPSA) is 31.5 Å². The molecule has 0 radical (unpaired) electrons. The van der Waals surface area contributed by atoms with E-state index < -0.39 is 0 Å². The zero-order valence-electron chi connectivity index (χ0n) is 16.8. The van der Waals surface area contributed by atoms with Crippen molar-refractivity contribution in [3.63, 3.8) is 0 Å². The van der Waals surface area contributed by atoms with Crippen LogP contribution in [0.25, 0.3) is 0 Å². The van der Waals surface area contributed by atoms with Crippen LogP contribution in [-0.2, 0) is 0 Å². The quantitative estimate of drug-likeness (QED) is 0.479. The van der Waals surface area contributed by atoms with Crippen molar-refractivity contribution in [1.82, 2.24) is 0 Å². The lowest BCUT2D eigenvalue weighted by Crippen LogP contribution is -2.24. The Bertz CT molecular complexity index is 410. The van der Waals surface area contributed by atoms with E-state index in [2.05, 4.69) is 38.2 Å². The van der Waals surface area contributed by atoms with Crippen molar-refractivity contribution in [2.24, 2.45) is 35.5 Å². The van der Waals surface area contributed by atoms with Gasteiger partial charge in [0.05, 0.1) is 0 Å². The van der Waals surface area contributed by atoms with E-state index in [1.165, 1.54) is 77.0 Å². The average molecular weight is 351 g/mol. The number of hydrogen-bond donors (Lipinski definition) is 0. The molecule has 0 aromatic carbocycles. The lowest BCUT2D eigenvalue weighted by molar-refractivity contribution is 0.160. The smallest absolute Gasteiger partial charge is 0 e. The summed E-state index contributed by atoms with van der Waals surface area (Å²) in [6, 6.07) is 0. The SMILES string of the molecule is C/C=C/C1CCC(/C=C/C2CCC(C3CCC(C)CC3)CC2)CC1.O.[HH].[HH]. The largest absolute Gasteiger partial charge is 0.412 e. The van der Waals surface area contributed by atoms with Crippen LogP contribution in [0.5, 0.6) is 0 Å². The standard InChI is InChI=1S/C24H40.H2O.2H2/c1-3-4-20-7-9-21(10-8-20)11-12-22-13-17-24(18-14-22)23-15-5-19(2)6-16-23;;;/h3-4,11-12,19-24H,5-10,13-18H2,1-2H3;1H2;2*1H/b4-3+,12-11+;;;. The second kappa shape index (κ2) is 10.6. The molecule has 0 bridgehead atoms. The molecule has 148 valence electrons. The molecule has 3 aliphatic carbocycles. The minimum atomic E-state index is 0. The maximum absolute atomic E-state index is 2.62. The molecule has 0 heterocycles. The molecule has 3 fully saturated rings. The molecule has 0 atom stereocenters. The highest BCUT2D eigenvalue weighted by atomic mass is 16.0. The fourth-order valence-electron chi connectivity index (χ4n) is 5.68. The Kier molecular flexibility index (Phi) is 8.76. The van der Waals surface area contributed by atoms with Crippen LogP contribution < -0.4 is 0 Å². The van der Waals surface area contributed by atoms with E-state index >= 15 is 0 Å². The molecular weight excluding hydrogens is 304 g/mol. The van der Waals surface area contributed by atoms with Gasteiger partial charge in [0.25, 0.3) is 0 Å². The summed E-state index contributed by atoms with van der Waals surface area (Å²) in [5.41, 5.74) is 0. The Labute approximate surface area is 159 Å². The number of hydrogen-bond acceptors (Lipinski definition) is 0. The van der Waals surface area contributed by atoms with Crippen molar-refractivity contribution < 1.29 is 8.33 Å². The summed E-state index contributed by atoms with van der Waals surface area (Å²) in [6.45, 7) is 4.61. The van der Waals surface area contributed by atoms with Gasteiger partial charge in [-0.25, -0.2) is 0 Å². The van der Waals surface area contributed by atoms with Crippen molar-refractivity contribution in [2.45, 2.75) is 90.9 Å². The van der Waals surface area contributed by atoms with E-state index in [9.17, 15) is 0 Å². The highest BCUT2D eigenvalue weighted by Gasteiger charge is 2.29. The molecule has 3 saturated carbocycles. The van der Waals surface area contributed by atoms with Crippen molar-refractivity contribution in [3.05, 3.63) is 24.3 Å². The van der Waals surface area contributed by atoms with Gasteiger partial charge < -0.3 is 5.48 Å². The molecule has 0 aromatic rings. The van der Waals surface area contributed by atoms with Crippen molar-refractivity contribution in [1.29, 1.82) is 0 Å². The third-order valence-electron chi connectivity index (χ3n) is 7.48. The van der Waals surface area contributed by atoms with Crippen LogP contribution in [-0.4, -0.2) is 5.48 Å². The summed E-state index contributed by atoms with van der Waals surface area (Å²) in [5, 5.41) is 0. The maximum atomic E-state index is 2.62. The first-order valence-electron chi connectivity index (χ1n) is 11.1. The zero-order valence-corrected chi connectivity index (χ0v) is 16.8. The van der Waals surface area contributed by atoms with Gasteiger partial charge in [0, 0.05) is 2.85 Å². The van der Waals surface area contributed by atoms with Crippen LogP contribution in [0, 0.1) is 35.5 Å². The first-order chi connectivity index (χ1) is 11.7. The summed E-state index contributed by atoms with van der Waals surface area (Å²) in [5.74, 6) is 5.80. The normalized spacial score (nSPS) is 40.2. The molecule has 0 aromatic heterocycles. The van der Waals surface area contributed by atoms with Crippen LogP contribution in [0.15, 0.2) is 24.3 Å². The molecule has 2 N–H and O–H groups in total. The summed E-state index contributed by atoms with van der Waals surface area (Å²) in [4.78, 5) is 0. The molecule has 1 heteroatoms. The highest BCUT2D eigenvalue weighted by Crippen LogP contribution is 2.41. The Morgan fingerprint density at radius 2 is 0.920 bits per heavy atom. The van der Waals surface area contributed by atoms with Gasteiger partial charge >= 0.3 is 0 Å². The van der Waals surface area contributed by atoms with Gasteiger partial charge in [-0.2, -0.15) is 0 Å². The predicted molar refractivity (Wildman–Crippen MR) is 114 cm³/mol. The van der Waals surface area contributed by atoms with E-state index in [-0.39, 0.29) is 8.33 Å². The second-order valence-corrected chi connectivity index (χ2v) is 9.28. The van der Waals surface area contributed by atoms with E-state index in [0.29, 0.717) is 0 Å².